The highest BCUT2D eigenvalue weighted by molar-refractivity contribution is 5.96. The molecule has 2 N–H and O–H groups in total. The molecule has 0 saturated heterocycles. The van der Waals surface area contributed by atoms with Crippen molar-refractivity contribution < 1.29 is 14.7 Å². The number of allylic oxidation sites excluding steroid dienone is 3. The number of carboxylic acid groups (broad SMARTS) is 1. The molecule has 0 atom stereocenters. The zero-order valence-corrected chi connectivity index (χ0v) is 9.88. The molecule has 94 valence electrons. The highest BCUT2D eigenvalue weighted by Crippen LogP contribution is 2.20. The van der Waals surface area contributed by atoms with Gasteiger partial charge in [-0.05, 0) is 12.1 Å². The van der Waals surface area contributed by atoms with E-state index in [1.165, 1.54) is 0 Å². The summed E-state index contributed by atoms with van der Waals surface area (Å²) >= 11 is 0. The standard InChI is InChI=1S/C14H10N2O3/c17-12(18)7-15-14(19)10-5-1-4-9-8-3-2-6-11(8)16-13(9)10/h1-6H,7H2,(H,15,19)(H,17,18). The van der Waals surface area contributed by atoms with Crippen LogP contribution in [0.4, 0.5) is 0 Å². The number of amides is 1. The van der Waals surface area contributed by atoms with Crippen molar-refractivity contribution in [3.05, 3.63) is 58.3 Å². The van der Waals surface area contributed by atoms with Gasteiger partial charge in [0.15, 0.2) is 0 Å². The fourth-order valence-electron chi connectivity index (χ4n) is 2.17. The third-order valence-corrected chi connectivity index (χ3v) is 3.00. The first kappa shape index (κ1) is 11.4. The Hall–Kier alpha value is -2.69. The lowest BCUT2D eigenvalue weighted by Gasteiger charge is -2.02. The fraction of sp³-hybridized carbons (Fsp3) is 0.0714. The zero-order valence-electron chi connectivity index (χ0n) is 9.88. The van der Waals surface area contributed by atoms with Gasteiger partial charge in [-0.15, -0.1) is 0 Å². The van der Waals surface area contributed by atoms with Crippen molar-refractivity contribution in [2.75, 3.05) is 6.54 Å². The first-order valence-corrected chi connectivity index (χ1v) is 5.77. The Morgan fingerprint density at radius 3 is 2.95 bits per heavy atom. The summed E-state index contributed by atoms with van der Waals surface area (Å²) in [5, 5.41) is 12.4. The number of benzene rings is 1. The molecule has 0 unspecified atom stereocenters. The maximum Gasteiger partial charge on any atom is 0.322 e. The molecule has 1 aliphatic heterocycles. The summed E-state index contributed by atoms with van der Waals surface area (Å²) in [6.07, 6.45) is 5.74. The molecule has 1 aromatic rings. The number of nitrogens with one attached hydrogen (secondary N) is 1. The van der Waals surface area contributed by atoms with Crippen LogP contribution in [0.5, 0.6) is 0 Å². The average Bonchev–Trinajstić information content (AvgIpc) is 2.95. The Morgan fingerprint density at radius 1 is 1.32 bits per heavy atom. The molecule has 1 amide bonds. The van der Waals surface area contributed by atoms with Crippen LogP contribution in [-0.4, -0.2) is 23.5 Å². The molecule has 3 rings (SSSR count). The number of carbonyl (C=O) groups is 2. The molecule has 1 aromatic carbocycles. The van der Waals surface area contributed by atoms with Crippen molar-refractivity contribution in [3.63, 3.8) is 0 Å². The number of rotatable bonds is 3. The monoisotopic (exact) mass is 254 g/mol. The summed E-state index contributed by atoms with van der Waals surface area (Å²) in [6.45, 7) is -0.401. The molecule has 5 heteroatoms. The number of fused-ring (bicyclic) bond motifs is 2. The van der Waals surface area contributed by atoms with Crippen LogP contribution in [0.1, 0.15) is 10.4 Å². The Kier molecular flexibility index (Phi) is 2.52. The molecule has 2 aliphatic rings. The number of carbonyl (C=O) groups excluding carboxylic acids is 1. The molecule has 5 nitrogen and oxygen atoms in total. The molecule has 0 radical (unpaired) electrons. The van der Waals surface area contributed by atoms with E-state index < -0.39 is 18.4 Å². The van der Waals surface area contributed by atoms with Gasteiger partial charge in [-0.3, -0.25) is 9.59 Å². The third-order valence-electron chi connectivity index (χ3n) is 3.00. The number of hydrogen-bond donors (Lipinski definition) is 2. The first-order chi connectivity index (χ1) is 9.16. The summed E-state index contributed by atoms with van der Waals surface area (Å²) in [5.74, 6) is -1.50. The lowest BCUT2D eigenvalue weighted by Crippen LogP contribution is -2.37. The molecule has 1 aliphatic carbocycles. The van der Waals surface area contributed by atoms with Gasteiger partial charge in [-0.1, -0.05) is 24.3 Å². The number of carboxylic acids is 1. The van der Waals surface area contributed by atoms with E-state index in [0.29, 0.717) is 10.9 Å². The molecule has 0 saturated carbocycles. The normalized spacial score (nSPS) is 14.5. The number of nitrogens with zero attached hydrogens (tertiary/aromatic N) is 1. The molecule has 0 fully saturated rings. The van der Waals surface area contributed by atoms with Crippen LogP contribution in [0.2, 0.25) is 0 Å². The quantitative estimate of drug-likeness (QED) is 0.780. The van der Waals surface area contributed by atoms with E-state index in [-0.39, 0.29) is 0 Å². The third kappa shape index (κ3) is 1.85. The number of para-hydroxylation sites is 1. The van der Waals surface area contributed by atoms with Crippen LogP contribution in [0, 0.1) is 0 Å². The summed E-state index contributed by atoms with van der Waals surface area (Å²) in [7, 11) is 0. The van der Waals surface area contributed by atoms with E-state index in [9.17, 15) is 9.59 Å². The van der Waals surface area contributed by atoms with Gasteiger partial charge in [0.2, 0.25) is 0 Å². The first-order valence-electron chi connectivity index (χ1n) is 5.77. The van der Waals surface area contributed by atoms with Crippen molar-refractivity contribution in [1.29, 1.82) is 0 Å². The van der Waals surface area contributed by atoms with Crippen molar-refractivity contribution in [3.8, 4) is 0 Å². The van der Waals surface area contributed by atoms with E-state index in [0.717, 1.165) is 16.5 Å². The van der Waals surface area contributed by atoms with E-state index in [2.05, 4.69) is 10.3 Å². The second kappa shape index (κ2) is 4.20. The highest BCUT2D eigenvalue weighted by Gasteiger charge is 2.18. The average molecular weight is 254 g/mol. The largest absolute Gasteiger partial charge is 0.480 e. The summed E-state index contributed by atoms with van der Waals surface area (Å²) in [4.78, 5) is 26.8. The maximum absolute atomic E-state index is 11.9. The van der Waals surface area contributed by atoms with Crippen LogP contribution in [0.15, 0.2) is 47.1 Å². The number of hydrogen-bond acceptors (Lipinski definition) is 3. The summed E-state index contributed by atoms with van der Waals surface area (Å²) < 4.78 is 0. The highest BCUT2D eigenvalue weighted by atomic mass is 16.4. The van der Waals surface area contributed by atoms with Crippen LogP contribution in [0.3, 0.4) is 0 Å². The zero-order chi connectivity index (χ0) is 13.4. The minimum Gasteiger partial charge on any atom is -0.480 e. The maximum atomic E-state index is 11.9. The fourth-order valence-corrected chi connectivity index (χ4v) is 2.17. The lowest BCUT2D eigenvalue weighted by atomic mass is 10.1. The minimum absolute atomic E-state index is 0.398. The van der Waals surface area contributed by atoms with Crippen LogP contribution in [0.25, 0.3) is 5.57 Å². The van der Waals surface area contributed by atoms with Crippen molar-refractivity contribution in [1.82, 2.24) is 5.32 Å². The Balaban J connectivity index is 2.06. The van der Waals surface area contributed by atoms with E-state index >= 15 is 0 Å². The number of aliphatic carboxylic acids is 1. The van der Waals surface area contributed by atoms with Gasteiger partial charge in [0.25, 0.3) is 5.91 Å². The van der Waals surface area contributed by atoms with Crippen molar-refractivity contribution >= 4 is 17.4 Å². The van der Waals surface area contributed by atoms with E-state index in [1.54, 1.807) is 12.1 Å². The molecule has 0 bridgehead atoms. The van der Waals surface area contributed by atoms with E-state index in [1.807, 2.05) is 24.3 Å². The van der Waals surface area contributed by atoms with Crippen LogP contribution < -0.4 is 15.9 Å². The topological polar surface area (TPSA) is 78.8 Å². The molecule has 19 heavy (non-hydrogen) atoms. The predicted octanol–water partition coefficient (Wildman–Crippen LogP) is -0.261. The molecular weight excluding hydrogens is 244 g/mol. The van der Waals surface area contributed by atoms with Gasteiger partial charge in [0.05, 0.1) is 16.6 Å². The summed E-state index contributed by atoms with van der Waals surface area (Å²) in [5.41, 5.74) is 2.24. The molecule has 0 spiro atoms. The molecular formula is C14H10N2O3. The molecule has 0 aromatic heterocycles. The Morgan fingerprint density at radius 2 is 2.16 bits per heavy atom. The SMILES string of the molecule is O=C(O)CNC(=O)c1cccc2c1=NC1=CC=CC=21. The van der Waals surface area contributed by atoms with Gasteiger partial charge in [0, 0.05) is 10.8 Å². The Bertz CT molecular complexity index is 772. The second-order valence-corrected chi connectivity index (χ2v) is 4.21. The minimum atomic E-state index is -1.07. The van der Waals surface area contributed by atoms with Gasteiger partial charge in [-0.2, -0.15) is 0 Å². The van der Waals surface area contributed by atoms with Crippen molar-refractivity contribution in [2.45, 2.75) is 0 Å². The van der Waals surface area contributed by atoms with Gasteiger partial charge < -0.3 is 10.4 Å². The van der Waals surface area contributed by atoms with E-state index in [4.69, 9.17) is 5.11 Å². The predicted molar refractivity (Wildman–Crippen MR) is 67.8 cm³/mol. The van der Waals surface area contributed by atoms with Crippen LogP contribution >= 0.6 is 0 Å². The smallest absolute Gasteiger partial charge is 0.322 e. The van der Waals surface area contributed by atoms with Gasteiger partial charge in [-0.25, -0.2) is 4.99 Å². The Labute approximate surface area is 108 Å². The van der Waals surface area contributed by atoms with Crippen molar-refractivity contribution in [2.24, 2.45) is 4.99 Å². The van der Waals surface area contributed by atoms with Gasteiger partial charge >= 0.3 is 5.97 Å². The second-order valence-electron chi connectivity index (χ2n) is 4.21. The van der Waals surface area contributed by atoms with Crippen LogP contribution in [-0.2, 0) is 4.79 Å². The molecule has 1 heterocycles. The van der Waals surface area contributed by atoms with Gasteiger partial charge in [0.1, 0.15) is 6.54 Å². The summed E-state index contributed by atoms with van der Waals surface area (Å²) in [6, 6.07) is 5.32. The lowest BCUT2D eigenvalue weighted by molar-refractivity contribution is -0.135.